The van der Waals surface area contributed by atoms with Crippen LogP contribution in [-0.2, 0) is 16.8 Å². The largest absolute Gasteiger partial charge is 0.344 e. The first kappa shape index (κ1) is 20.1. The number of anilines is 1. The number of carbonyl (C=O) groups excluding carboxylic acids is 1. The third-order valence-electron chi connectivity index (χ3n) is 7.77. The molecular weight excluding hydrogens is 406 g/mol. The van der Waals surface area contributed by atoms with E-state index in [4.69, 9.17) is 0 Å². The molecule has 1 fully saturated rings. The normalized spacial score (nSPS) is 21.5. The maximum atomic E-state index is 12.6. The number of rotatable bonds is 3. The molecule has 2 aliphatic heterocycles. The predicted octanol–water partition coefficient (Wildman–Crippen LogP) is 5.84. The highest BCUT2D eigenvalue weighted by molar-refractivity contribution is 6.08. The number of nitrogens with zero attached hydrogens (tertiary/aromatic N) is 2. The maximum Gasteiger partial charge on any atom is 0.223 e. The molecule has 4 nitrogen and oxygen atoms in total. The quantitative estimate of drug-likeness (QED) is 0.439. The van der Waals surface area contributed by atoms with Crippen LogP contribution in [0.3, 0.4) is 0 Å². The fourth-order valence-corrected chi connectivity index (χ4v) is 6.05. The molecule has 166 valence electrons. The van der Waals surface area contributed by atoms with E-state index >= 15 is 0 Å². The van der Waals surface area contributed by atoms with Crippen molar-refractivity contribution in [2.75, 3.05) is 11.4 Å². The molecule has 2 aliphatic rings. The van der Waals surface area contributed by atoms with Gasteiger partial charge < -0.3 is 14.8 Å². The summed E-state index contributed by atoms with van der Waals surface area (Å²) < 4.78 is 2.37. The summed E-state index contributed by atoms with van der Waals surface area (Å²) in [6, 6.07) is 23.9. The Morgan fingerprint density at radius 3 is 2.58 bits per heavy atom. The van der Waals surface area contributed by atoms with Gasteiger partial charge in [-0.25, -0.2) is 0 Å². The average Bonchev–Trinajstić information content (AvgIpc) is 3.25. The Balaban J connectivity index is 1.49. The number of benzene rings is 3. The van der Waals surface area contributed by atoms with Crippen molar-refractivity contribution < 1.29 is 4.79 Å². The topological polar surface area (TPSA) is 37.3 Å². The Labute approximate surface area is 194 Å². The van der Waals surface area contributed by atoms with E-state index in [1.54, 1.807) is 0 Å². The monoisotopic (exact) mass is 435 g/mol. The summed E-state index contributed by atoms with van der Waals surface area (Å²) in [5.74, 6) is 0.109. The van der Waals surface area contributed by atoms with Gasteiger partial charge in [-0.2, -0.15) is 0 Å². The standard InChI is InChI=1S/C29H29N3O/c1-4-31-24-11-7-5-9-21(24)22-19-20(13-14-25(22)31)15-17-29-28(2,3)23-10-6-8-12-26(23)32(29)18-16-27(33)30-29/h5-15,17,19H,4,16,18H2,1-3H3,(H,30,33)/b17-15+/t29-/m0/s1. The minimum atomic E-state index is -0.585. The van der Waals surface area contributed by atoms with Crippen molar-refractivity contribution in [2.45, 2.75) is 44.8 Å². The molecule has 0 radical (unpaired) electrons. The zero-order chi connectivity index (χ0) is 22.8. The Kier molecular flexibility index (Phi) is 4.25. The minimum absolute atomic E-state index is 0.109. The van der Waals surface area contributed by atoms with Crippen LogP contribution < -0.4 is 10.2 Å². The van der Waals surface area contributed by atoms with Gasteiger partial charge in [0, 0.05) is 52.4 Å². The molecule has 4 heteroatoms. The van der Waals surface area contributed by atoms with Crippen LogP contribution in [0.25, 0.3) is 27.9 Å². The van der Waals surface area contributed by atoms with Gasteiger partial charge in [-0.1, -0.05) is 62.4 Å². The van der Waals surface area contributed by atoms with E-state index in [1.165, 1.54) is 33.1 Å². The molecule has 0 aliphatic carbocycles. The van der Waals surface area contributed by atoms with E-state index in [1.807, 2.05) is 0 Å². The van der Waals surface area contributed by atoms with Crippen LogP contribution in [0, 0.1) is 0 Å². The Morgan fingerprint density at radius 2 is 1.73 bits per heavy atom. The second-order valence-electron chi connectivity index (χ2n) is 9.73. The lowest BCUT2D eigenvalue weighted by Crippen LogP contribution is -2.68. The van der Waals surface area contributed by atoms with E-state index in [0.717, 1.165) is 18.7 Å². The third-order valence-corrected chi connectivity index (χ3v) is 7.77. The van der Waals surface area contributed by atoms with Gasteiger partial charge in [0.05, 0.1) is 0 Å². The highest BCUT2D eigenvalue weighted by atomic mass is 16.2. The molecule has 0 bridgehead atoms. The lowest BCUT2D eigenvalue weighted by atomic mass is 9.74. The summed E-state index contributed by atoms with van der Waals surface area (Å²) in [4.78, 5) is 15.0. The van der Waals surface area contributed by atoms with Crippen LogP contribution >= 0.6 is 0 Å². The van der Waals surface area contributed by atoms with Crippen LogP contribution in [0.5, 0.6) is 0 Å². The van der Waals surface area contributed by atoms with Gasteiger partial charge in [0.15, 0.2) is 0 Å². The van der Waals surface area contributed by atoms with E-state index in [-0.39, 0.29) is 11.3 Å². The molecule has 1 N–H and O–H groups in total. The van der Waals surface area contributed by atoms with E-state index in [9.17, 15) is 4.79 Å². The smallest absolute Gasteiger partial charge is 0.223 e. The molecule has 1 aromatic heterocycles. The van der Waals surface area contributed by atoms with Crippen molar-refractivity contribution in [3.63, 3.8) is 0 Å². The van der Waals surface area contributed by atoms with Gasteiger partial charge in [0.2, 0.25) is 5.91 Å². The Morgan fingerprint density at radius 1 is 0.970 bits per heavy atom. The summed E-state index contributed by atoms with van der Waals surface area (Å²) in [5.41, 5.74) is 5.31. The van der Waals surface area contributed by atoms with Gasteiger partial charge >= 0.3 is 0 Å². The molecule has 0 spiro atoms. The number of carbonyl (C=O) groups is 1. The van der Waals surface area contributed by atoms with Gasteiger partial charge in [-0.05, 0) is 48.4 Å². The van der Waals surface area contributed by atoms with E-state index in [2.05, 4.69) is 114 Å². The summed E-state index contributed by atoms with van der Waals surface area (Å²) in [6.07, 6.45) is 4.91. The number of amides is 1. The number of hydrogen-bond acceptors (Lipinski definition) is 2. The maximum absolute atomic E-state index is 12.6. The van der Waals surface area contributed by atoms with Crippen LogP contribution in [0.2, 0.25) is 0 Å². The lowest BCUT2D eigenvalue weighted by Gasteiger charge is -2.49. The lowest BCUT2D eigenvalue weighted by molar-refractivity contribution is -0.124. The molecule has 6 rings (SSSR count). The second-order valence-corrected chi connectivity index (χ2v) is 9.73. The molecular formula is C29H29N3O. The zero-order valence-corrected chi connectivity index (χ0v) is 19.4. The molecule has 1 saturated heterocycles. The van der Waals surface area contributed by atoms with Gasteiger partial charge in [0.25, 0.3) is 0 Å². The average molecular weight is 436 g/mol. The predicted molar refractivity (Wildman–Crippen MR) is 136 cm³/mol. The number of nitrogens with one attached hydrogen (secondary N) is 1. The number of fused-ring (bicyclic) bond motifs is 6. The number of hydrogen-bond donors (Lipinski definition) is 1. The van der Waals surface area contributed by atoms with Crippen molar-refractivity contribution in [2.24, 2.45) is 0 Å². The number of para-hydroxylation sites is 2. The van der Waals surface area contributed by atoms with E-state index in [0.29, 0.717) is 6.42 Å². The van der Waals surface area contributed by atoms with Crippen LogP contribution in [0.15, 0.2) is 72.8 Å². The van der Waals surface area contributed by atoms with Gasteiger partial charge in [-0.15, -0.1) is 0 Å². The fourth-order valence-electron chi connectivity index (χ4n) is 6.05. The fraction of sp³-hybridized carbons (Fsp3) is 0.276. The van der Waals surface area contributed by atoms with Crippen molar-refractivity contribution in [3.05, 3.63) is 83.9 Å². The van der Waals surface area contributed by atoms with Gasteiger partial charge in [-0.3, -0.25) is 4.79 Å². The highest BCUT2D eigenvalue weighted by Crippen LogP contribution is 2.52. The van der Waals surface area contributed by atoms with E-state index < -0.39 is 5.66 Å². The zero-order valence-electron chi connectivity index (χ0n) is 19.4. The molecule has 0 saturated carbocycles. The minimum Gasteiger partial charge on any atom is -0.344 e. The summed E-state index contributed by atoms with van der Waals surface area (Å²) in [6.45, 7) is 8.33. The van der Waals surface area contributed by atoms with Crippen molar-refractivity contribution in [1.29, 1.82) is 0 Å². The van der Waals surface area contributed by atoms with Crippen LogP contribution in [-0.4, -0.2) is 22.7 Å². The molecule has 3 heterocycles. The van der Waals surface area contributed by atoms with Crippen LogP contribution in [0.4, 0.5) is 5.69 Å². The van der Waals surface area contributed by atoms with Crippen molar-refractivity contribution in [1.82, 2.24) is 9.88 Å². The molecule has 1 atom stereocenters. The second kappa shape index (κ2) is 6.98. The number of aromatic nitrogens is 1. The van der Waals surface area contributed by atoms with Crippen molar-refractivity contribution >= 4 is 39.5 Å². The molecule has 3 aromatic carbocycles. The van der Waals surface area contributed by atoms with Crippen molar-refractivity contribution in [3.8, 4) is 0 Å². The molecule has 33 heavy (non-hydrogen) atoms. The third kappa shape index (κ3) is 2.67. The first-order chi connectivity index (χ1) is 16.0. The number of aryl methyl sites for hydroxylation is 1. The molecule has 0 unspecified atom stereocenters. The SMILES string of the molecule is CCn1c2ccccc2c2cc(/C=C/[C@]34NC(=O)CCN3c3ccccc3C4(C)C)ccc21. The first-order valence-electron chi connectivity index (χ1n) is 11.8. The summed E-state index contributed by atoms with van der Waals surface area (Å²) in [5, 5.41) is 5.93. The molecule has 4 aromatic rings. The highest BCUT2D eigenvalue weighted by Gasteiger charge is 2.57. The summed E-state index contributed by atoms with van der Waals surface area (Å²) >= 11 is 0. The molecule has 1 amide bonds. The van der Waals surface area contributed by atoms with Crippen LogP contribution in [0.1, 0.15) is 38.3 Å². The first-order valence-corrected chi connectivity index (χ1v) is 11.8. The Hall–Kier alpha value is -3.53. The Bertz CT molecular complexity index is 1440. The van der Waals surface area contributed by atoms with Gasteiger partial charge in [0.1, 0.15) is 5.66 Å². The summed E-state index contributed by atoms with van der Waals surface area (Å²) in [7, 11) is 0.